The Labute approximate surface area is 179 Å². The fraction of sp³-hybridized carbons (Fsp3) is 0.263. The number of amides is 2. The van der Waals surface area contributed by atoms with E-state index in [1.807, 2.05) is 0 Å². The molecule has 0 unspecified atom stereocenters. The number of carbonyl (C=O) groups is 2. The number of rotatable bonds is 4. The van der Waals surface area contributed by atoms with E-state index in [0.717, 1.165) is 11.5 Å². The summed E-state index contributed by atoms with van der Waals surface area (Å²) in [7, 11) is 0. The lowest BCUT2D eigenvalue weighted by atomic mass is 10.3. The number of non-ortho nitro benzene ring substituents is 1. The van der Waals surface area contributed by atoms with E-state index in [2.05, 4.69) is 4.98 Å². The number of benzene rings is 1. The zero-order chi connectivity index (χ0) is 22.0. The van der Waals surface area contributed by atoms with Gasteiger partial charge in [-0.15, -0.1) is 0 Å². The molecule has 12 heteroatoms. The van der Waals surface area contributed by atoms with Crippen molar-refractivity contribution in [3.8, 4) is 5.75 Å². The lowest BCUT2D eigenvalue weighted by molar-refractivity contribution is -0.384. The van der Waals surface area contributed by atoms with Gasteiger partial charge in [0.15, 0.2) is 0 Å². The lowest BCUT2D eigenvalue weighted by Gasteiger charge is -2.34. The number of hydrogen-bond donors (Lipinski definition) is 0. The molecule has 1 aliphatic rings. The van der Waals surface area contributed by atoms with Gasteiger partial charge in [0.2, 0.25) is 5.91 Å². The van der Waals surface area contributed by atoms with Gasteiger partial charge in [0, 0.05) is 44.5 Å². The van der Waals surface area contributed by atoms with Crippen molar-refractivity contribution in [2.24, 2.45) is 0 Å². The van der Waals surface area contributed by atoms with Crippen LogP contribution in [-0.2, 0) is 11.3 Å². The predicted octanol–water partition coefficient (Wildman–Crippen LogP) is 1.71. The van der Waals surface area contributed by atoms with Gasteiger partial charge >= 0.3 is 6.09 Å². The largest absolute Gasteiger partial charge is 0.415 e. The molecule has 0 aliphatic carbocycles. The molecular weight excluding hydrogens is 426 g/mol. The number of nitro groups is 1. The summed E-state index contributed by atoms with van der Waals surface area (Å²) in [6, 6.07) is 8.57. The van der Waals surface area contributed by atoms with Crippen molar-refractivity contribution >= 4 is 39.4 Å². The topological polar surface area (TPSA) is 128 Å². The molecule has 0 bridgehead atoms. The molecule has 2 amide bonds. The summed E-state index contributed by atoms with van der Waals surface area (Å²) in [6.45, 7) is 1.10. The zero-order valence-electron chi connectivity index (χ0n) is 16.2. The van der Waals surface area contributed by atoms with Crippen LogP contribution in [0.1, 0.15) is 0 Å². The number of fused-ring (bicyclic) bond motifs is 1. The van der Waals surface area contributed by atoms with E-state index in [-0.39, 0.29) is 42.5 Å². The van der Waals surface area contributed by atoms with Crippen LogP contribution in [-0.4, -0.2) is 61.8 Å². The maximum atomic E-state index is 12.6. The maximum absolute atomic E-state index is 12.6. The van der Waals surface area contributed by atoms with Gasteiger partial charge in [-0.05, 0) is 35.8 Å². The predicted molar refractivity (Wildman–Crippen MR) is 111 cm³/mol. The minimum Gasteiger partial charge on any atom is -0.410 e. The van der Waals surface area contributed by atoms with Crippen LogP contribution in [0, 0.1) is 10.1 Å². The van der Waals surface area contributed by atoms with Crippen LogP contribution >= 0.6 is 11.5 Å². The molecule has 1 aromatic carbocycles. The van der Waals surface area contributed by atoms with Crippen LogP contribution in [0.5, 0.6) is 5.75 Å². The monoisotopic (exact) mass is 443 g/mol. The van der Waals surface area contributed by atoms with Crippen molar-refractivity contribution in [1.29, 1.82) is 0 Å². The second-order valence-corrected chi connectivity index (χ2v) is 7.79. The highest BCUT2D eigenvalue weighted by atomic mass is 32.1. The highest BCUT2D eigenvalue weighted by Gasteiger charge is 2.26. The summed E-state index contributed by atoms with van der Waals surface area (Å²) in [5, 5.41) is 11.2. The van der Waals surface area contributed by atoms with E-state index in [4.69, 9.17) is 4.74 Å². The first-order valence-electron chi connectivity index (χ1n) is 9.36. The fourth-order valence-corrected chi connectivity index (χ4v) is 4.10. The van der Waals surface area contributed by atoms with Crippen molar-refractivity contribution in [1.82, 2.24) is 18.7 Å². The first-order valence-corrected chi connectivity index (χ1v) is 10.1. The number of nitrogens with zero attached hydrogens (tertiary/aromatic N) is 5. The molecule has 11 nitrogen and oxygen atoms in total. The zero-order valence-corrected chi connectivity index (χ0v) is 17.0. The number of pyridine rings is 1. The van der Waals surface area contributed by atoms with Crippen molar-refractivity contribution in [3.63, 3.8) is 0 Å². The van der Waals surface area contributed by atoms with Crippen LogP contribution < -0.4 is 10.3 Å². The van der Waals surface area contributed by atoms with Gasteiger partial charge in [0.1, 0.15) is 17.1 Å². The molecule has 0 spiro atoms. The molecule has 3 heterocycles. The van der Waals surface area contributed by atoms with Crippen molar-refractivity contribution in [3.05, 3.63) is 63.1 Å². The molecule has 1 fully saturated rings. The lowest BCUT2D eigenvalue weighted by Crippen LogP contribution is -2.52. The quantitative estimate of drug-likeness (QED) is 0.443. The molecule has 3 aromatic rings. The normalized spacial score (nSPS) is 13.9. The highest BCUT2D eigenvalue weighted by molar-refractivity contribution is 7.13. The Hall–Kier alpha value is -3.80. The number of aromatic nitrogens is 2. The summed E-state index contributed by atoms with van der Waals surface area (Å²) in [5.74, 6) is -0.0103. The average Bonchev–Trinajstić information content (AvgIpc) is 3.09. The van der Waals surface area contributed by atoms with Crippen molar-refractivity contribution < 1.29 is 19.2 Å². The highest BCUT2D eigenvalue weighted by Crippen LogP contribution is 2.18. The van der Waals surface area contributed by atoms with E-state index < -0.39 is 11.0 Å². The van der Waals surface area contributed by atoms with Gasteiger partial charge in [0.05, 0.1) is 10.3 Å². The van der Waals surface area contributed by atoms with Gasteiger partial charge in [0.25, 0.3) is 11.2 Å². The summed E-state index contributed by atoms with van der Waals surface area (Å²) < 4.78 is 6.62. The van der Waals surface area contributed by atoms with Crippen molar-refractivity contribution in [2.45, 2.75) is 6.54 Å². The number of hydrogen-bond acceptors (Lipinski definition) is 8. The second-order valence-electron chi connectivity index (χ2n) is 6.78. The molecule has 1 saturated heterocycles. The second kappa shape index (κ2) is 8.52. The van der Waals surface area contributed by atoms with Gasteiger partial charge in [-0.1, -0.05) is 0 Å². The molecule has 0 radical (unpaired) electrons. The van der Waals surface area contributed by atoms with Crippen molar-refractivity contribution in [2.75, 3.05) is 26.2 Å². The first-order chi connectivity index (χ1) is 14.9. The Kier molecular flexibility index (Phi) is 5.62. The number of piperazine rings is 1. The standard InChI is InChI=1S/C19H17N5O6S/c25-16(12-23-18(26)15-2-1-7-20-17(15)31-23)21-8-10-22(11-9-21)19(27)30-14-5-3-13(4-6-14)24(28)29/h1-7H,8-12H2. The molecule has 1 aliphatic heterocycles. The van der Waals surface area contributed by atoms with Gasteiger partial charge in [-0.2, -0.15) is 0 Å². The molecular formula is C19H17N5O6S. The Morgan fingerprint density at radius 1 is 1.10 bits per heavy atom. The minimum atomic E-state index is -0.590. The van der Waals surface area contributed by atoms with E-state index >= 15 is 0 Å². The van der Waals surface area contributed by atoms with Crippen LogP contribution in [0.3, 0.4) is 0 Å². The summed E-state index contributed by atoms with van der Waals surface area (Å²) in [4.78, 5) is 55.2. The maximum Gasteiger partial charge on any atom is 0.415 e. The fourth-order valence-electron chi connectivity index (χ4n) is 3.17. The molecule has 0 N–H and O–H groups in total. The number of nitro benzene ring substituents is 1. The Morgan fingerprint density at radius 2 is 1.77 bits per heavy atom. The first kappa shape index (κ1) is 20.5. The third-order valence-corrected chi connectivity index (χ3v) is 5.86. The smallest absolute Gasteiger partial charge is 0.410 e. The summed E-state index contributed by atoms with van der Waals surface area (Å²) in [6.07, 6.45) is 1.01. The van der Waals surface area contributed by atoms with E-state index in [1.165, 1.54) is 33.1 Å². The molecule has 31 heavy (non-hydrogen) atoms. The molecule has 2 aromatic heterocycles. The Bertz CT molecular complexity index is 1200. The van der Waals surface area contributed by atoms with E-state index in [1.54, 1.807) is 23.2 Å². The molecule has 160 valence electrons. The van der Waals surface area contributed by atoms with Gasteiger partial charge < -0.3 is 14.5 Å². The SMILES string of the molecule is O=C(Cn1sc2ncccc2c1=O)N1CCN(C(=O)Oc2ccc([N+](=O)[O-])cc2)CC1. The Morgan fingerprint density at radius 3 is 2.42 bits per heavy atom. The van der Waals surface area contributed by atoms with Crippen LogP contribution in [0.4, 0.5) is 10.5 Å². The van der Waals surface area contributed by atoms with Crippen LogP contribution in [0.15, 0.2) is 47.4 Å². The Balaban J connectivity index is 1.31. The van der Waals surface area contributed by atoms with Gasteiger partial charge in [-0.25, -0.2) is 9.78 Å². The average molecular weight is 443 g/mol. The molecule has 0 saturated carbocycles. The van der Waals surface area contributed by atoms with E-state index in [0.29, 0.717) is 23.3 Å². The summed E-state index contributed by atoms with van der Waals surface area (Å²) >= 11 is 1.14. The number of carbonyl (C=O) groups excluding carboxylic acids is 2. The van der Waals surface area contributed by atoms with Crippen LogP contribution in [0.25, 0.3) is 10.2 Å². The summed E-state index contributed by atoms with van der Waals surface area (Å²) in [5.41, 5.74) is -0.341. The minimum absolute atomic E-state index is 0.0763. The molecule has 4 rings (SSSR count). The third-order valence-electron chi connectivity index (χ3n) is 4.85. The van der Waals surface area contributed by atoms with E-state index in [9.17, 15) is 24.5 Å². The van der Waals surface area contributed by atoms with Gasteiger partial charge in [-0.3, -0.25) is 23.7 Å². The van der Waals surface area contributed by atoms with Crippen LogP contribution in [0.2, 0.25) is 0 Å². The molecule has 0 atom stereocenters. The third kappa shape index (κ3) is 4.38. The number of ether oxygens (including phenoxy) is 1.